The number of furan rings is 1. The van der Waals surface area contributed by atoms with Gasteiger partial charge in [0, 0.05) is 6.54 Å². The van der Waals surface area contributed by atoms with Crippen molar-refractivity contribution in [1.82, 2.24) is 9.78 Å². The molecule has 0 N–H and O–H groups in total. The third kappa shape index (κ3) is 2.16. The van der Waals surface area contributed by atoms with Crippen molar-refractivity contribution in [2.45, 2.75) is 13.5 Å². The Morgan fingerprint density at radius 3 is 3.06 bits per heavy atom. The van der Waals surface area contributed by atoms with E-state index in [4.69, 9.17) is 9.15 Å². The highest BCUT2D eigenvalue weighted by atomic mass is 79.9. The summed E-state index contributed by atoms with van der Waals surface area (Å²) in [5, 5.41) is 3.99. The van der Waals surface area contributed by atoms with E-state index in [-0.39, 0.29) is 5.76 Å². The molecule has 0 bridgehead atoms. The Labute approximate surface area is 100 Å². The highest BCUT2D eigenvalue weighted by Crippen LogP contribution is 2.19. The first-order valence-electron chi connectivity index (χ1n) is 4.68. The number of nitrogens with zero attached hydrogens (tertiary/aromatic N) is 2. The molecular formula is C10H9BrN2O3. The molecule has 0 aliphatic rings. The van der Waals surface area contributed by atoms with Crippen molar-refractivity contribution in [3.8, 4) is 5.75 Å². The van der Waals surface area contributed by atoms with Gasteiger partial charge in [-0.3, -0.25) is 4.68 Å². The molecule has 0 atom stereocenters. The summed E-state index contributed by atoms with van der Waals surface area (Å²) in [5.74, 6) is -0.00748. The fraction of sp³-hybridized carbons (Fsp3) is 0.200. The zero-order valence-corrected chi connectivity index (χ0v) is 10.1. The number of aromatic nitrogens is 2. The van der Waals surface area contributed by atoms with Crippen LogP contribution in [0.2, 0.25) is 0 Å². The molecule has 0 fully saturated rings. The molecule has 6 heteroatoms. The number of halogens is 1. The van der Waals surface area contributed by atoms with Gasteiger partial charge in [-0.15, -0.1) is 0 Å². The summed E-state index contributed by atoms with van der Waals surface area (Å²) < 4.78 is 12.3. The van der Waals surface area contributed by atoms with Crippen LogP contribution in [0.5, 0.6) is 5.75 Å². The van der Waals surface area contributed by atoms with Gasteiger partial charge in [-0.25, -0.2) is 4.79 Å². The molecule has 2 aromatic rings. The normalized spacial score (nSPS) is 10.4. The fourth-order valence-electron chi connectivity index (χ4n) is 1.16. The van der Waals surface area contributed by atoms with Crippen molar-refractivity contribution >= 4 is 21.9 Å². The van der Waals surface area contributed by atoms with Crippen molar-refractivity contribution in [2.24, 2.45) is 0 Å². The molecule has 0 unspecified atom stereocenters. The number of hydrogen-bond acceptors (Lipinski definition) is 4. The van der Waals surface area contributed by atoms with Gasteiger partial charge in [0.15, 0.2) is 5.75 Å². The maximum atomic E-state index is 11.6. The molecule has 0 aromatic carbocycles. The van der Waals surface area contributed by atoms with Gasteiger partial charge >= 0.3 is 5.97 Å². The number of aryl methyl sites for hydroxylation is 1. The van der Waals surface area contributed by atoms with Crippen molar-refractivity contribution in [1.29, 1.82) is 0 Å². The smallest absolute Gasteiger partial charge is 0.380 e. The molecule has 0 aliphatic heterocycles. The second-order valence-corrected chi connectivity index (χ2v) is 3.87. The van der Waals surface area contributed by atoms with Crippen molar-refractivity contribution in [3.63, 3.8) is 0 Å². The second kappa shape index (κ2) is 4.52. The van der Waals surface area contributed by atoms with Crippen LogP contribution >= 0.6 is 15.9 Å². The van der Waals surface area contributed by atoms with Crippen LogP contribution in [0, 0.1) is 0 Å². The Morgan fingerprint density at radius 2 is 2.50 bits per heavy atom. The van der Waals surface area contributed by atoms with E-state index in [1.165, 1.54) is 12.5 Å². The highest BCUT2D eigenvalue weighted by molar-refractivity contribution is 9.10. The van der Waals surface area contributed by atoms with Crippen LogP contribution < -0.4 is 4.74 Å². The first-order chi connectivity index (χ1) is 7.70. The minimum absolute atomic E-state index is 0.143. The largest absolute Gasteiger partial charge is 0.456 e. The maximum absolute atomic E-state index is 11.6. The molecule has 0 amide bonds. The number of carbonyl (C=O) groups is 1. The SMILES string of the molecule is CCn1cc(OC(=O)c2occc2Br)cn1. The fourth-order valence-corrected chi connectivity index (χ4v) is 1.53. The van der Waals surface area contributed by atoms with Gasteiger partial charge in [-0.2, -0.15) is 5.10 Å². The molecule has 5 nitrogen and oxygen atoms in total. The number of ether oxygens (including phenoxy) is 1. The molecular weight excluding hydrogens is 276 g/mol. The molecule has 2 rings (SSSR count). The molecule has 16 heavy (non-hydrogen) atoms. The van der Waals surface area contributed by atoms with Gasteiger partial charge in [0.1, 0.15) is 0 Å². The lowest BCUT2D eigenvalue weighted by molar-refractivity contribution is 0.0700. The van der Waals surface area contributed by atoms with E-state index < -0.39 is 5.97 Å². The van der Waals surface area contributed by atoms with Gasteiger partial charge in [0.05, 0.1) is 23.1 Å². The summed E-state index contributed by atoms with van der Waals surface area (Å²) in [7, 11) is 0. The lowest BCUT2D eigenvalue weighted by Gasteiger charge is -1.98. The van der Waals surface area contributed by atoms with E-state index in [0.717, 1.165) is 6.54 Å². The van der Waals surface area contributed by atoms with Crippen LogP contribution in [-0.4, -0.2) is 15.7 Å². The lowest BCUT2D eigenvalue weighted by atomic mass is 10.4. The molecule has 2 heterocycles. The van der Waals surface area contributed by atoms with E-state index in [0.29, 0.717) is 10.2 Å². The van der Waals surface area contributed by atoms with Gasteiger partial charge in [0.2, 0.25) is 5.76 Å². The first-order valence-corrected chi connectivity index (χ1v) is 5.47. The van der Waals surface area contributed by atoms with Crippen LogP contribution in [-0.2, 0) is 6.54 Å². The summed E-state index contributed by atoms with van der Waals surface area (Å²) in [6.45, 7) is 2.67. The molecule has 0 saturated heterocycles. The summed E-state index contributed by atoms with van der Waals surface area (Å²) in [6, 6.07) is 1.63. The monoisotopic (exact) mass is 284 g/mol. The van der Waals surface area contributed by atoms with E-state index in [1.54, 1.807) is 16.9 Å². The van der Waals surface area contributed by atoms with Crippen LogP contribution in [0.3, 0.4) is 0 Å². The predicted octanol–water partition coefficient (Wildman–Crippen LogP) is 2.48. The number of esters is 1. The first kappa shape index (κ1) is 10.9. The molecule has 2 aromatic heterocycles. The van der Waals surface area contributed by atoms with Crippen molar-refractivity contribution in [3.05, 3.63) is 35.0 Å². The Kier molecular flexibility index (Phi) is 3.09. The van der Waals surface area contributed by atoms with Gasteiger partial charge in [0.25, 0.3) is 0 Å². The predicted molar refractivity (Wildman–Crippen MR) is 59.3 cm³/mol. The average Bonchev–Trinajstić information content (AvgIpc) is 2.86. The van der Waals surface area contributed by atoms with Crippen LogP contribution in [0.25, 0.3) is 0 Å². The minimum atomic E-state index is -0.549. The summed E-state index contributed by atoms with van der Waals surface area (Å²) in [5.41, 5.74) is 0. The highest BCUT2D eigenvalue weighted by Gasteiger charge is 2.16. The van der Waals surface area contributed by atoms with Crippen molar-refractivity contribution in [2.75, 3.05) is 0 Å². The topological polar surface area (TPSA) is 57.3 Å². The molecule has 0 saturated carbocycles. The van der Waals surface area contributed by atoms with E-state index in [1.807, 2.05) is 6.92 Å². The van der Waals surface area contributed by atoms with E-state index in [9.17, 15) is 4.79 Å². The number of hydrogen-bond donors (Lipinski definition) is 0. The van der Waals surface area contributed by atoms with Gasteiger partial charge in [-0.05, 0) is 28.9 Å². The Balaban J connectivity index is 2.11. The van der Waals surface area contributed by atoms with E-state index in [2.05, 4.69) is 21.0 Å². The lowest BCUT2D eigenvalue weighted by Crippen LogP contribution is -2.07. The van der Waals surface area contributed by atoms with Crippen molar-refractivity contribution < 1.29 is 13.9 Å². The Hall–Kier alpha value is -1.56. The molecule has 84 valence electrons. The summed E-state index contributed by atoms with van der Waals surface area (Å²) >= 11 is 3.18. The van der Waals surface area contributed by atoms with Gasteiger partial charge in [-0.1, -0.05) is 0 Å². The zero-order valence-electron chi connectivity index (χ0n) is 8.51. The Bertz CT molecular complexity index is 504. The number of carbonyl (C=O) groups excluding carboxylic acids is 1. The van der Waals surface area contributed by atoms with Crippen LogP contribution in [0.15, 0.2) is 33.6 Å². The van der Waals surface area contributed by atoms with E-state index >= 15 is 0 Å². The number of rotatable bonds is 3. The molecule has 0 spiro atoms. The maximum Gasteiger partial charge on any atom is 0.380 e. The molecule has 0 aliphatic carbocycles. The molecule has 0 radical (unpaired) electrons. The third-order valence-corrected chi connectivity index (χ3v) is 2.57. The summed E-state index contributed by atoms with van der Waals surface area (Å²) in [4.78, 5) is 11.6. The third-order valence-electron chi connectivity index (χ3n) is 1.95. The second-order valence-electron chi connectivity index (χ2n) is 3.02. The van der Waals surface area contributed by atoms with Gasteiger partial charge < -0.3 is 9.15 Å². The average molecular weight is 285 g/mol. The minimum Gasteiger partial charge on any atom is -0.456 e. The zero-order chi connectivity index (χ0) is 11.5. The van der Waals surface area contributed by atoms with Crippen LogP contribution in [0.4, 0.5) is 0 Å². The quantitative estimate of drug-likeness (QED) is 0.813. The Morgan fingerprint density at radius 1 is 1.69 bits per heavy atom. The van der Waals surface area contributed by atoms with Crippen LogP contribution in [0.1, 0.15) is 17.5 Å². The standard InChI is InChI=1S/C10H9BrN2O3/c1-2-13-6-7(5-12-13)16-10(14)9-8(11)3-4-15-9/h3-6H,2H2,1H3. The summed E-state index contributed by atoms with van der Waals surface area (Å²) in [6.07, 6.45) is 4.54.